The Labute approximate surface area is 124 Å². The van der Waals surface area contributed by atoms with Crippen LogP contribution in [0, 0.1) is 12.7 Å². The van der Waals surface area contributed by atoms with E-state index < -0.39 is 6.04 Å². The molecule has 0 spiro atoms. The number of furan rings is 1. The van der Waals surface area contributed by atoms with E-state index in [0.717, 1.165) is 26.6 Å². The molecule has 0 saturated heterocycles. The molecule has 0 aliphatic heterocycles. The van der Waals surface area contributed by atoms with E-state index in [9.17, 15) is 4.39 Å². The van der Waals surface area contributed by atoms with Gasteiger partial charge in [-0.15, -0.1) is 0 Å². The molecule has 0 radical (unpaired) electrons. The number of aryl methyl sites for hydroxylation is 1. The largest absolute Gasteiger partial charge is 0.459 e. The highest BCUT2D eigenvalue weighted by Gasteiger charge is 2.18. The van der Waals surface area contributed by atoms with Crippen molar-refractivity contribution in [3.8, 4) is 0 Å². The minimum Gasteiger partial charge on any atom is -0.459 e. The lowest BCUT2D eigenvalue weighted by molar-refractivity contribution is 0.520. The minimum atomic E-state index is -0.401. The van der Waals surface area contributed by atoms with Crippen LogP contribution in [0.2, 0.25) is 0 Å². The normalized spacial score (nSPS) is 12.8. The molecule has 2 nitrogen and oxygen atoms in total. The SMILES string of the molecule is Cc1c(C(N)c2ccc(F)cc2)oc2cc(Br)ccc12. The van der Waals surface area contributed by atoms with Crippen molar-refractivity contribution in [3.63, 3.8) is 0 Å². The Hall–Kier alpha value is -1.65. The molecule has 0 bridgehead atoms. The highest BCUT2D eigenvalue weighted by Crippen LogP contribution is 2.32. The Kier molecular flexibility index (Phi) is 3.36. The van der Waals surface area contributed by atoms with Crippen LogP contribution in [0.1, 0.15) is 22.9 Å². The van der Waals surface area contributed by atoms with Crippen LogP contribution in [-0.2, 0) is 0 Å². The van der Waals surface area contributed by atoms with Crippen molar-refractivity contribution in [3.05, 3.63) is 69.6 Å². The molecule has 0 aliphatic carbocycles. The van der Waals surface area contributed by atoms with Crippen molar-refractivity contribution in [2.24, 2.45) is 5.73 Å². The van der Waals surface area contributed by atoms with Crippen molar-refractivity contribution in [1.29, 1.82) is 0 Å². The summed E-state index contributed by atoms with van der Waals surface area (Å²) in [5.41, 5.74) is 8.88. The van der Waals surface area contributed by atoms with Crippen LogP contribution in [-0.4, -0.2) is 0 Å². The lowest BCUT2D eigenvalue weighted by atomic mass is 10.0. The van der Waals surface area contributed by atoms with Crippen molar-refractivity contribution >= 4 is 26.9 Å². The zero-order chi connectivity index (χ0) is 14.3. The van der Waals surface area contributed by atoms with E-state index in [1.807, 2.05) is 25.1 Å². The van der Waals surface area contributed by atoms with E-state index in [4.69, 9.17) is 10.2 Å². The third kappa shape index (κ3) is 2.25. The summed E-state index contributed by atoms with van der Waals surface area (Å²) in [6.07, 6.45) is 0. The number of benzene rings is 2. The van der Waals surface area contributed by atoms with Crippen LogP contribution < -0.4 is 5.73 Å². The smallest absolute Gasteiger partial charge is 0.135 e. The van der Waals surface area contributed by atoms with E-state index in [0.29, 0.717) is 5.76 Å². The molecule has 1 aromatic heterocycles. The van der Waals surface area contributed by atoms with Crippen LogP contribution in [0.25, 0.3) is 11.0 Å². The van der Waals surface area contributed by atoms with Gasteiger partial charge in [0.15, 0.2) is 0 Å². The number of nitrogens with two attached hydrogens (primary N) is 1. The third-order valence-corrected chi connectivity index (χ3v) is 3.94. The van der Waals surface area contributed by atoms with Crippen LogP contribution in [0.4, 0.5) is 4.39 Å². The summed E-state index contributed by atoms with van der Waals surface area (Å²) in [5, 5.41) is 1.04. The van der Waals surface area contributed by atoms with E-state index in [1.165, 1.54) is 12.1 Å². The first kappa shape index (κ1) is 13.3. The Morgan fingerprint density at radius 1 is 1.15 bits per heavy atom. The fourth-order valence-corrected chi connectivity index (χ4v) is 2.68. The molecule has 1 atom stereocenters. The van der Waals surface area contributed by atoms with E-state index in [2.05, 4.69) is 15.9 Å². The van der Waals surface area contributed by atoms with Gasteiger partial charge in [-0.1, -0.05) is 28.1 Å². The van der Waals surface area contributed by atoms with Gasteiger partial charge in [-0.25, -0.2) is 4.39 Å². The average Bonchev–Trinajstić information content (AvgIpc) is 2.75. The summed E-state index contributed by atoms with van der Waals surface area (Å²) in [5.74, 6) is 0.441. The molecule has 2 N–H and O–H groups in total. The van der Waals surface area contributed by atoms with Gasteiger partial charge < -0.3 is 10.2 Å². The summed E-state index contributed by atoms with van der Waals surface area (Å²) in [4.78, 5) is 0. The number of halogens is 2. The molecule has 20 heavy (non-hydrogen) atoms. The molecule has 3 rings (SSSR count). The number of rotatable bonds is 2. The van der Waals surface area contributed by atoms with Gasteiger partial charge in [-0.05, 0) is 42.8 Å². The summed E-state index contributed by atoms with van der Waals surface area (Å²) < 4.78 is 19.8. The van der Waals surface area contributed by atoms with Crippen LogP contribution >= 0.6 is 15.9 Å². The maximum absolute atomic E-state index is 13.0. The first-order chi connectivity index (χ1) is 9.56. The number of fused-ring (bicyclic) bond motifs is 1. The Balaban J connectivity index is 2.09. The summed E-state index contributed by atoms with van der Waals surface area (Å²) in [6, 6.07) is 11.7. The standard InChI is InChI=1S/C16H13BrFNO/c1-9-13-7-4-11(17)8-14(13)20-16(9)15(19)10-2-5-12(18)6-3-10/h2-8,15H,19H2,1H3. The lowest BCUT2D eigenvalue weighted by Gasteiger charge is -2.10. The maximum Gasteiger partial charge on any atom is 0.135 e. The molecular formula is C16H13BrFNO. The van der Waals surface area contributed by atoms with E-state index in [1.54, 1.807) is 12.1 Å². The van der Waals surface area contributed by atoms with Crippen molar-refractivity contribution < 1.29 is 8.81 Å². The predicted molar refractivity (Wildman–Crippen MR) is 81.1 cm³/mol. The second kappa shape index (κ2) is 5.04. The molecule has 0 amide bonds. The molecule has 1 heterocycles. The van der Waals surface area contributed by atoms with Crippen LogP contribution in [0.15, 0.2) is 51.4 Å². The zero-order valence-corrected chi connectivity index (χ0v) is 12.4. The van der Waals surface area contributed by atoms with Crippen molar-refractivity contribution in [1.82, 2.24) is 0 Å². The van der Waals surface area contributed by atoms with Gasteiger partial charge in [-0.3, -0.25) is 0 Å². The highest BCUT2D eigenvalue weighted by atomic mass is 79.9. The van der Waals surface area contributed by atoms with Crippen LogP contribution in [0.3, 0.4) is 0 Å². The van der Waals surface area contributed by atoms with Crippen molar-refractivity contribution in [2.75, 3.05) is 0 Å². The molecule has 102 valence electrons. The monoisotopic (exact) mass is 333 g/mol. The quantitative estimate of drug-likeness (QED) is 0.738. The summed E-state index contributed by atoms with van der Waals surface area (Å²) in [6.45, 7) is 1.98. The second-order valence-electron chi connectivity index (χ2n) is 4.76. The van der Waals surface area contributed by atoms with E-state index in [-0.39, 0.29) is 5.82 Å². The topological polar surface area (TPSA) is 39.2 Å². The van der Waals surface area contributed by atoms with Gasteiger partial charge in [0.1, 0.15) is 17.2 Å². The molecule has 1 unspecified atom stereocenters. The van der Waals surface area contributed by atoms with Gasteiger partial charge in [-0.2, -0.15) is 0 Å². The lowest BCUT2D eigenvalue weighted by Crippen LogP contribution is -2.12. The molecule has 3 aromatic rings. The Bertz CT molecular complexity index is 764. The first-order valence-electron chi connectivity index (χ1n) is 6.26. The molecule has 0 fully saturated rings. The first-order valence-corrected chi connectivity index (χ1v) is 7.05. The van der Waals surface area contributed by atoms with E-state index >= 15 is 0 Å². The predicted octanol–water partition coefficient (Wildman–Crippen LogP) is 4.69. The zero-order valence-electron chi connectivity index (χ0n) is 10.9. The molecule has 0 saturated carbocycles. The summed E-state index contributed by atoms with van der Waals surface area (Å²) >= 11 is 3.42. The fraction of sp³-hybridized carbons (Fsp3) is 0.125. The van der Waals surface area contributed by atoms with Crippen molar-refractivity contribution in [2.45, 2.75) is 13.0 Å². The highest BCUT2D eigenvalue weighted by molar-refractivity contribution is 9.10. The average molecular weight is 334 g/mol. The Morgan fingerprint density at radius 2 is 1.85 bits per heavy atom. The number of hydrogen-bond acceptors (Lipinski definition) is 2. The summed E-state index contributed by atoms with van der Waals surface area (Å²) in [7, 11) is 0. The molecule has 4 heteroatoms. The third-order valence-electron chi connectivity index (χ3n) is 3.45. The van der Waals surface area contributed by atoms with Gasteiger partial charge in [0.05, 0.1) is 6.04 Å². The maximum atomic E-state index is 13.0. The minimum absolute atomic E-state index is 0.272. The molecular weight excluding hydrogens is 321 g/mol. The molecule has 0 aliphatic rings. The number of hydrogen-bond donors (Lipinski definition) is 1. The Morgan fingerprint density at radius 3 is 2.55 bits per heavy atom. The fourth-order valence-electron chi connectivity index (χ4n) is 2.34. The molecule has 2 aromatic carbocycles. The van der Waals surface area contributed by atoms with Gasteiger partial charge in [0, 0.05) is 15.4 Å². The van der Waals surface area contributed by atoms with Gasteiger partial charge >= 0.3 is 0 Å². The van der Waals surface area contributed by atoms with Crippen LogP contribution in [0.5, 0.6) is 0 Å². The van der Waals surface area contributed by atoms with Gasteiger partial charge in [0.25, 0.3) is 0 Å². The second-order valence-corrected chi connectivity index (χ2v) is 5.68. The van der Waals surface area contributed by atoms with Gasteiger partial charge in [0.2, 0.25) is 0 Å².